The Labute approximate surface area is 129 Å². The number of nitrogens with one attached hydrogen (secondary N) is 1. The van der Waals surface area contributed by atoms with Crippen molar-refractivity contribution in [3.63, 3.8) is 0 Å². The van der Waals surface area contributed by atoms with E-state index in [4.69, 9.17) is 14.2 Å². The minimum atomic E-state index is -0.614. The molecular formula is C14H22N2O4S. The van der Waals surface area contributed by atoms with Gasteiger partial charge in [-0.25, -0.2) is 4.79 Å². The molecule has 0 spiro atoms. The molecule has 1 unspecified atom stereocenters. The standard InChI is InChI=1S/C14H22N2O4S/c1-3-18-6-7-20-14(17)12(8-15)13(21-2)16-9-11-4-5-19-10-11/h11,16H,3-7,9-10H2,1-2H3/b13-12+. The Morgan fingerprint density at radius 2 is 2.33 bits per heavy atom. The van der Waals surface area contributed by atoms with Crippen molar-refractivity contribution in [2.45, 2.75) is 13.3 Å². The molecule has 0 saturated carbocycles. The van der Waals surface area contributed by atoms with Crippen molar-refractivity contribution in [2.75, 3.05) is 45.8 Å². The van der Waals surface area contributed by atoms with Crippen LogP contribution in [0.5, 0.6) is 0 Å². The van der Waals surface area contributed by atoms with Crippen molar-refractivity contribution in [3.05, 3.63) is 10.6 Å². The van der Waals surface area contributed by atoms with Gasteiger partial charge >= 0.3 is 5.97 Å². The van der Waals surface area contributed by atoms with E-state index in [1.807, 2.05) is 19.2 Å². The Bertz CT molecular complexity index is 400. The molecule has 1 rings (SSSR count). The lowest BCUT2D eigenvalue weighted by atomic mass is 10.1. The summed E-state index contributed by atoms with van der Waals surface area (Å²) in [6.07, 6.45) is 2.81. The summed E-state index contributed by atoms with van der Waals surface area (Å²) in [6.45, 7) is 5.10. The lowest BCUT2D eigenvalue weighted by Gasteiger charge is -2.13. The third-order valence-corrected chi connectivity index (χ3v) is 3.74. The van der Waals surface area contributed by atoms with Crippen molar-refractivity contribution in [1.82, 2.24) is 5.32 Å². The summed E-state index contributed by atoms with van der Waals surface area (Å²) < 4.78 is 15.4. The van der Waals surface area contributed by atoms with Crippen LogP contribution in [-0.4, -0.2) is 51.8 Å². The van der Waals surface area contributed by atoms with Gasteiger partial charge in [0.25, 0.3) is 0 Å². The first-order valence-electron chi connectivity index (χ1n) is 6.97. The number of carbonyl (C=O) groups excluding carboxylic acids is 1. The number of hydrogen-bond donors (Lipinski definition) is 1. The normalized spacial score (nSPS) is 18.8. The number of nitriles is 1. The van der Waals surface area contributed by atoms with E-state index in [9.17, 15) is 10.1 Å². The summed E-state index contributed by atoms with van der Waals surface area (Å²) in [5.41, 5.74) is 0.0120. The van der Waals surface area contributed by atoms with E-state index < -0.39 is 5.97 Å². The number of rotatable bonds is 9. The van der Waals surface area contributed by atoms with E-state index in [-0.39, 0.29) is 12.2 Å². The molecule has 7 heteroatoms. The van der Waals surface area contributed by atoms with Crippen LogP contribution in [0.2, 0.25) is 0 Å². The monoisotopic (exact) mass is 314 g/mol. The molecule has 0 aromatic rings. The molecule has 0 aliphatic carbocycles. The summed E-state index contributed by atoms with van der Waals surface area (Å²) in [5, 5.41) is 12.9. The highest BCUT2D eigenvalue weighted by Gasteiger charge is 2.19. The maximum atomic E-state index is 11.9. The second-order valence-corrected chi connectivity index (χ2v) is 5.28. The Morgan fingerprint density at radius 1 is 1.52 bits per heavy atom. The minimum absolute atomic E-state index is 0.0120. The molecule has 0 amide bonds. The Balaban J connectivity index is 2.53. The first kappa shape index (κ1) is 17.8. The van der Waals surface area contributed by atoms with Crippen molar-refractivity contribution in [3.8, 4) is 6.07 Å². The molecule has 0 aromatic carbocycles. The predicted octanol–water partition coefficient (Wildman–Crippen LogP) is 1.29. The molecule has 1 heterocycles. The molecule has 1 fully saturated rings. The SMILES string of the molecule is CCOCCOC(=O)/C(C#N)=C(\NCC1CCOC1)SC. The van der Waals surface area contributed by atoms with E-state index >= 15 is 0 Å². The summed E-state index contributed by atoms with van der Waals surface area (Å²) in [6, 6.07) is 1.92. The molecule has 6 nitrogen and oxygen atoms in total. The van der Waals surface area contributed by atoms with Crippen LogP contribution in [0.1, 0.15) is 13.3 Å². The van der Waals surface area contributed by atoms with Crippen LogP contribution < -0.4 is 5.32 Å². The zero-order chi connectivity index (χ0) is 15.5. The van der Waals surface area contributed by atoms with E-state index in [2.05, 4.69) is 5.32 Å². The maximum absolute atomic E-state index is 11.9. The number of esters is 1. The van der Waals surface area contributed by atoms with Gasteiger partial charge in [-0.2, -0.15) is 5.26 Å². The summed E-state index contributed by atoms with van der Waals surface area (Å²) in [7, 11) is 0. The summed E-state index contributed by atoms with van der Waals surface area (Å²) >= 11 is 1.33. The van der Waals surface area contributed by atoms with E-state index in [0.29, 0.717) is 30.7 Å². The Kier molecular flexibility index (Phi) is 8.90. The van der Waals surface area contributed by atoms with Crippen LogP contribution in [-0.2, 0) is 19.0 Å². The summed E-state index contributed by atoms with van der Waals surface area (Å²) in [5.74, 6) is -0.196. The molecule has 0 aromatic heterocycles. The first-order chi connectivity index (χ1) is 10.2. The highest BCUT2D eigenvalue weighted by atomic mass is 32.2. The molecule has 1 N–H and O–H groups in total. The third-order valence-electron chi connectivity index (χ3n) is 2.99. The zero-order valence-corrected chi connectivity index (χ0v) is 13.3. The average molecular weight is 314 g/mol. The number of hydrogen-bond acceptors (Lipinski definition) is 7. The van der Waals surface area contributed by atoms with Crippen LogP contribution in [0, 0.1) is 17.2 Å². The molecular weight excluding hydrogens is 292 g/mol. The van der Waals surface area contributed by atoms with Crippen LogP contribution in [0.3, 0.4) is 0 Å². The number of ether oxygens (including phenoxy) is 3. The average Bonchev–Trinajstić information content (AvgIpc) is 3.01. The number of thioether (sulfide) groups is 1. The van der Waals surface area contributed by atoms with E-state index in [1.165, 1.54) is 11.8 Å². The Morgan fingerprint density at radius 3 is 2.90 bits per heavy atom. The van der Waals surface area contributed by atoms with Crippen LogP contribution >= 0.6 is 11.8 Å². The van der Waals surface area contributed by atoms with Crippen molar-refractivity contribution in [1.29, 1.82) is 5.26 Å². The van der Waals surface area contributed by atoms with Gasteiger partial charge in [0.2, 0.25) is 0 Å². The molecule has 1 aliphatic rings. The van der Waals surface area contributed by atoms with Gasteiger partial charge in [0.05, 0.1) is 18.2 Å². The fourth-order valence-corrected chi connectivity index (χ4v) is 2.40. The van der Waals surface area contributed by atoms with Crippen molar-refractivity contribution >= 4 is 17.7 Å². The van der Waals surface area contributed by atoms with Gasteiger partial charge in [0.15, 0.2) is 5.57 Å². The predicted molar refractivity (Wildman–Crippen MR) is 80.5 cm³/mol. The van der Waals surface area contributed by atoms with E-state index in [1.54, 1.807) is 0 Å². The molecule has 1 aliphatic heterocycles. The molecule has 21 heavy (non-hydrogen) atoms. The summed E-state index contributed by atoms with van der Waals surface area (Å²) in [4.78, 5) is 11.9. The lowest BCUT2D eigenvalue weighted by molar-refractivity contribution is -0.140. The molecule has 118 valence electrons. The third kappa shape index (κ3) is 6.38. The fourth-order valence-electron chi connectivity index (χ4n) is 1.84. The van der Waals surface area contributed by atoms with Gasteiger partial charge in [-0.3, -0.25) is 0 Å². The minimum Gasteiger partial charge on any atom is -0.459 e. The van der Waals surface area contributed by atoms with Gasteiger partial charge in [0, 0.05) is 25.7 Å². The number of carbonyl (C=O) groups is 1. The van der Waals surface area contributed by atoms with Gasteiger partial charge in [-0.05, 0) is 19.6 Å². The zero-order valence-electron chi connectivity index (χ0n) is 12.5. The molecule has 1 saturated heterocycles. The van der Waals surface area contributed by atoms with Gasteiger partial charge in [-0.15, -0.1) is 11.8 Å². The van der Waals surface area contributed by atoms with Gasteiger partial charge in [0.1, 0.15) is 12.7 Å². The smallest absolute Gasteiger partial charge is 0.351 e. The second-order valence-electron chi connectivity index (χ2n) is 4.46. The topological polar surface area (TPSA) is 80.6 Å². The van der Waals surface area contributed by atoms with Crippen molar-refractivity contribution in [2.24, 2.45) is 5.92 Å². The van der Waals surface area contributed by atoms with Gasteiger partial charge in [-0.1, -0.05) is 0 Å². The van der Waals surface area contributed by atoms with Crippen LogP contribution in [0.15, 0.2) is 10.6 Å². The van der Waals surface area contributed by atoms with Crippen molar-refractivity contribution < 1.29 is 19.0 Å². The maximum Gasteiger partial charge on any atom is 0.351 e. The first-order valence-corrected chi connectivity index (χ1v) is 8.20. The Hall–Kier alpha value is -1.23. The highest BCUT2D eigenvalue weighted by Crippen LogP contribution is 2.17. The number of nitrogens with zero attached hydrogens (tertiary/aromatic N) is 1. The largest absolute Gasteiger partial charge is 0.459 e. The molecule has 1 atom stereocenters. The second kappa shape index (κ2) is 10.5. The molecule has 0 bridgehead atoms. The van der Waals surface area contributed by atoms with E-state index in [0.717, 1.165) is 19.6 Å². The van der Waals surface area contributed by atoms with Crippen LogP contribution in [0.25, 0.3) is 0 Å². The fraction of sp³-hybridized carbons (Fsp3) is 0.714. The lowest BCUT2D eigenvalue weighted by Crippen LogP contribution is -2.24. The molecule has 0 radical (unpaired) electrons. The highest BCUT2D eigenvalue weighted by molar-refractivity contribution is 8.02. The quantitative estimate of drug-likeness (QED) is 0.297. The van der Waals surface area contributed by atoms with Gasteiger partial charge < -0.3 is 19.5 Å². The van der Waals surface area contributed by atoms with Crippen LogP contribution in [0.4, 0.5) is 0 Å².